The molecular formula is C17H23ClN2O4. The van der Waals surface area contributed by atoms with Crippen LogP contribution < -0.4 is 0 Å². The second-order valence-electron chi connectivity index (χ2n) is 5.18. The topological polar surface area (TPSA) is 59.1 Å². The summed E-state index contributed by atoms with van der Waals surface area (Å²) in [5, 5.41) is 0. The number of esters is 1. The highest BCUT2D eigenvalue weighted by atomic mass is 35.5. The standard InChI is InChI=1S/C17H22N2O4.ClH/c1-3-10-18(11-4-2)16(21)19-12-13-22-17(19)23-15(20)14-8-6-5-7-9-14;/h5-9,12-13,17H,3-4,10-11H2,1-2H3;1H. The summed E-state index contributed by atoms with van der Waals surface area (Å²) in [4.78, 5) is 27.7. The maximum absolute atomic E-state index is 12.6. The summed E-state index contributed by atoms with van der Waals surface area (Å²) in [6, 6.07) is 8.38. The molecule has 6 nitrogen and oxygen atoms in total. The Morgan fingerprint density at radius 3 is 2.38 bits per heavy atom. The molecule has 0 bridgehead atoms. The molecule has 1 heterocycles. The fourth-order valence-electron chi connectivity index (χ4n) is 2.28. The Bertz CT molecular complexity index is 559. The van der Waals surface area contributed by atoms with Gasteiger partial charge >= 0.3 is 18.4 Å². The minimum absolute atomic E-state index is 0. The molecule has 1 aliphatic heterocycles. The molecule has 1 atom stereocenters. The minimum Gasteiger partial charge on any atom is -0.443 e. The summed E-state index contributed by atoms with van der Waals surface area (Å²) in [6.07, 6.45) is 3.50. The van der Waals surface area contributed by atoms with E-state index in [0.29, 0.717) is 18.7 Å². The molecule has 1 aromatic rings. The van der Waals surface area contributed by atoms with Gasteiger partial charge in [-0.05, 0) is 25.0 Å². The Hall–Kier alpha value is -2.21. The van der Waals surface area contributed by atoms with Gasteiger partial charge < -0.3 is 14.4 Å². The van der Waals surface area contributed by atoms with Crippen molar-refractivity contribution in [1.29, 1.82) is 0 Å². The van der Waals surface area contributed by atoms with E-state index in [9.17, 15) is 9.59 Å². The molecule has 24 heavy (non-hydrogen) atoms. The van der Waals surface area contributed by atoms with Crippen LogP contribution in [0.1, 0.15) is 37.0 Å². The molecule has 0 aliphatic carbocycles. The van der Waals surface area contributed by atoms with E-state index in [0.717, 1.165) is 12.8 Å². The highest BCUT2D eigenvalue weighted by Gasteiger charge is 2.33. The van der Waals surface area contributed by atoms with Crippen LogP contribution in [0.3, 0.4) is 0 Å². The van der Waals surface area contributed by atoms with Crippen molar-refractivity contribution in [3.8, 4) is 0 Å². The van der Waals surface area contributed by atoms with Gasteiger partial charge in [0.1, 0.15) is 6.26 Å². The van der Waals surface area contributed by atoms with Crippen molar-refractivity contribution in [3.05, 3.63) is 48.4 Å². The number of halogens is 1. The summed E-state index contributed by atoms with van der Waals surface area (Å²) in [6.45, 7) is 5.32. The molecule has 0 radical (unpaired) electrons. The number of hydrogen-bond donors (Lipinski definition) is 0. The minimum atomic E-state index is -1.06. The Kier molecular flexibility index (Phi) is 8.12. The lowest BCUT2D eigenvalue weighted by Gasteiger charge is -2.29. The lowest BCUT2D eigenvalue weighted by atomic mass is 10.2. The van der Waals surface area contributed by atoms with E-state index >= 15 is 0 Å². The van der Waals surface area contributed by atoms with Gasteiger partial charge in [0.15, 0.2) is 0 Å². The first-order valence-corrected chi connectivity index (χ1v) is 7.82. The average molecular weight is 355 g/mol. The van der Waals surface area contributed by atoms with Crippen LogP contribution in [0.2, 0.25) is 0 Å². The van der Waals surface area contributed by atoms with E-state index in [1.54, 1.807) is 29.2 Å². The van der Waals surface area contributed by atoms with Crippen molar-refractivity contribution in [2.45, 2.75) is 33.1 Å². The monoisotopic (exact) mass is 354 g/mol. The lowest BCUT2D eigenvalue weighted by Crippen LogP contribution is -2.46. The fourth-order valence-corrected chi connectivity index (χ4v) is 2.28. The second-order valence-corrected chi connectivity index (χ2v) is 5.18. The molecule has 7 heteroatoms. The van der Waals surface area contributed by atoms with Crippen molar-refractivity contribution in [3.63, 3.8) is 0 Å². The van der Waals surface area contributed by atoms with Crippen molar-refractivity contribution >= 4 is 24.4 Å². The van der Waals surface area contributed by atoms with Gasteiger partial charge in [-0.3, -0.25) is 0 Å². The highest BCUT2D eigenvalue weighted by molar-refractivity contribution is 5.89. The van der Waals surface area contributed by atoms with Crippen molar-refractivity contribution in [1.82, 2.24) is 9.80 Å². The number of benzene rings is 1. The van der Waals surface area contributed by atoms with Crippen LogP contribution in [0.4, 0.5) is 4.79 Å². The number of urea groups is 1. The molecule has 1 aromatic carbocycles. The predicted molar refractivity (Wildman–Crippen MR) is 92.5 cm³/mol. The summed E-state index contributed by atoms with van der Waals surface area (Å²) < 4.78 is 10.5. The SMILES string of the molecule is CCCN(CCC)C(=O)N1C=COC1OC(=O)c1ccccc1.Cl. The summed E-state index contributed by atoms with van der Waals surface area (Å²) in [5.41, 5.74) is 0.411. The van der Waals surface area contributed by atoms with Crippen LogP contribution in [0, 0.1) is 0 Å². The van der Waals surface area contributed by atoms with E-state index in [1.807, 2.05) is 19.9 Å². The first-order chi connectivity index (χ1) is 11.2. The van der Waals surface area contributed by atoms with E-state index in [1.165, 1.54) is 17.4 Å². The van der Waals surface area contributed by atoms with Crippen LogP contribution in [-0.2, 0) is 9.47 Å². The first kappa shape index (κ1) is 19.8. The summed E-state index contributed by atoms with van der Waals surface area (Å²) in [5.74, 6) is -0.533. The summed E-state index contributed by atoms with van der Waals surface area (Å²) in [7, 11) is 0. The zero-order valence-corrected chi connectivity index (χ0v) is 14.7. The number of carbonyl (C=O) groups excluding carboxylic acids is 2. The van der Waals surface area contributed by atoms with Gasteiger partial charge in [0.2, 0.25) is 0 Å². The number of hydrogen-bond acceptors (Lipinski definition) is 4. The number of carbonyl (C=O) groups is 2. The number of amides is 2. The highest BCUT2D eigenvalue weighted by Crippen LogP contribution is 2.17. The second kappa shape index (κ2) is 9.82. The van der Waals surface area contributed by atoms with E-state index in [2.05, 4.69) is 0 Å². The van der Waals surface area contributed by atoms with Gasteiger partial charge in [-0.1, -0.05) is 32.0 Å². The number of ether oxygens (including phenoxy) is 2. The zero-order chi connectivity index (χ0) is 16.7. The van der Waals surface area contributed by atoms with Crippen molar-refractivity contribution in [2.75, 3.05) is 13.1 Å². The maximum Gasteiger partial charge on any atom is 0.342 e. The molecular weight excluding hydrogens is 332 g/mol. The Balaban J connectivity index is 0.00000288. The van der Waals surface area contributed by atoms with Gasteiger partial charge in [-0.25, -0.2) is 14.5 Å². The Morgan fingerprint density at radius 2 is 1.79 bits per heavy atom. The van der Waals surface area contributed by atoms with Crippen LogP contribution in [-0.4, -0.2) is 41.3 Å². The molecule has 0 spiro atoms. The van der Waals surface area contributed by atoms with Crippen molar-refractivity contribution < 1.29 is 19.1 Å². The molecule has 0 fully saturated rings. The molecule has 1 aliphatic rings. The maximum atomic E-state index is 12.6. The summed E-state index contributed by atoms with van der Waals surface area (Å²) >= 11 is 0. The van der Waals surface area contributed by atoms with Crippen LogP contribution in [0.15, 0.2) is 42.8 Å². The third kappa shape index (κ3) is 4.89. The van der Waals surface area contributed by atoms with Gasteiger partial charge in [0.05, 0.1) is 11.8 Å². The molecule has 0 saturated heterocycles. The predicted octanol–water partition coefficient (Wildman–Crippen LogP) is 3.59. The zero-order valence-electron chi connectivity index (χ0n) is 13.9. The largest absolute Gasteiger partial charge is 0.443 e. The van der Waals surface area contributed by atoms with Crippen LogP contribution in [0.5, 0.6) is 0 Å². The lowest BCUT2D eigenvalue weighted by molar-refractivity contribution is -0.116. The quantitative estimate of drug-likeness (QED) is 0.732. The Labute approximate surface area is 148 Å². The van der Waals surface area contributed by atoms with E-state index in [4.69, 9.17) is 9.47 Å². The molecule has 0 N–H and O–H groups in total. The van der Waals surface area contributed by atoms with Crippen LogP contribution in [0.25, 0.3) is 0 Å². The molecule has 132 valence electrons. The fraction of sp³-hybridized carbons (Fsp3) is 0.412. The average Bonchev–Trinajstić information content (AvgIpc) is 3.03. The molecule has 1 unspecified atom stereocenters. The molecule has 0 saturated carbocycles. The third-order valence-corrected chi connectivity index (χ3v) is 3.34. The smallest absolute Gasteiger partial charge is 0.342 e. The normalized spacial score (nSPS) is 15.4. The van der Waals surface area contributed by atoms with E-state index < -0.39 is 12.4 Å². The van der Waals surface area contributed by atoms with Gasteiger partial charge in [0.25, 0.3) is 0 Å². The van der Waals surface area contributed by atoms with Gasteiger partial charge in [0, 0.05) is 13.1 Å². The van der Waals surface area contributed by atoms with E-state index in [-0.39, 0.29) is 18.4 Å². The number of rotatable bonds is 6. The molecule has 2 rings (SSSR count). The van der Waals surface area contributed by atoms with Gasteiger partial charge in [-0.15, -0.1) is 12.4 Å². The molecule has 2 amide bonds. The first-order valence-electron chi connectivity index (χ1n) is 7.82. The third-order valence-electron chi connectivity index (χ3n) is 3.34. The molecule has 0 aromatic heterocycles. The Morgan fingerprint density at radius 1 is 1.17 bits per heavy atom. The number of nitrogens with zero attached hydrogens (tertiary/aromatic N) is 2. The van der Waals surface area contributed by atoms with Crippen LogP contribution >= 0.6 is 12.4 Å². The van der Waals surface area contributed by atoms with Crippen molar-refractivity contribution in [2.24, 2.45) is 0 Å². The van der Waals surface area contributed by atoms with Gasteiger partial charge in [-0.2, -0.15) is 0 Å².